The Balaban J connectivity index is 2.09. The van der Waals surface area contributed by atoms with Crippen LogP contribution in [-0.2, 0) is 0 Å². The molecule has 0 saturated heterocycles. The number of aromatic amines is 1. The van der Waals surface area contributed by atoms with E-state index >= 15 is 0 Å². The molecule has 2 heterocycles. The third-order valence-corrected chi connectivity index (χ3v) is 2.84. The number of hydrogen-bond acceptors (Lipinski definition) is 2. The highest BCUT2D eigenvalue weighted by Crippen LogP contribution is 2.22. The number of benzene rings is 1. The molecule has 0 unspecified atom stereocenters. The van der Waals surface area contributed by atoms with Crippen LogP contribution < -0.4 is 0 Å². The molecule has 3 aromatic rings. The van der Waals surface area contributed by atoms with Crippen LogP contribution in [0.5, 0.6) is 0 Å². The number of H-pyrrole nitrogens is 1. The Morgan fingerprint density at radius 2 is 2.22 bits per heavy atom. The summed E-state index contributed by atoms with van der Waals surface area (Å²) in [4.78, 5) is 14.7. The maximum Gasteiger partial charge on any atom is 0.356 e. The molecule has 0 spiro atoms. The van der Waals surface area contributed by atoms with E-state index in [1.807, 2.05) is 18.2 Å². The number of nitrogens with zero attached hydrogens (tertiary/aromatic N) is 2. The normalized spacial score (nSPS) is 10.9. The Kier molecular flexibility index (Phi) is 2.34. The molecule has 2 aromatic heterocycles. The Morgan fingerprint density at radius 3 is 2.89 bits per heavy atom. The van der Waals surface area contributed by atoms with Gasteiger partial charge in [0.1, 0.15) is 0 Å². The van der Waals surface area contributed by atoms with Gasteiger partial charge < -0.3 is 5.11 Å². The first-order valence-corrected chi connectivity index (χ1v) is 5.58. The summed E-state index contributed by atoms with van der Waals surface area (Å²) < 4.78 is 1.57. The molecular weight excluding hydrogens is 254 g/mol. The molecule has 90 valence electrons. The standard InChI is InChI=1S/C12H8ClN3O2/c13-8-3-1-2-7(4-8)9-5-11-14-10(12(17)18)6-16(11)15-9/h1-6,15H,(H,17,18). The maximum absolute atomic E-state index is 10.8. The van der Waals surface area contributed by atoms with Gasteiger partial charge >= 0.3 is 5.97 Å². The van der Waals surface area contributed by atoms with E-state index in [0.717, 1.165) is 11.3 Å². The molecule has 0 fully saturated rings. The fourth-order valence-electron chi connectivity index (χ4n) is 1.78. The molecule has 0 atom stereocenters. The third-order valence-electron chi connectivity index (χ3n) is 2.60. The Labute approximate surface area is 107 Å². The average Bonchev–Trinajstić information content (AvgIpc) is 2.86. The molecule has 6 heteroatoms. The Morgan fingerprint density at radius 1 is 1.39 bits per heavy atom. The lowest BCUT2D eigenvalue weighted by atomic mass is 10.2. The van der Waals surface area contributed by atoms with Crippen LogP contribution in [0.4, 0.5) is 0 Å². The SMILES string of the molecule is O=C(O)c1cn2[nH]c(-c3cccc(Cl)c3)cc2n1. The lowest BCUT2D eigenvalue weighted by Gasteiger charge is -1.97. The van der Waals surface area contributed by atoms with Gasteiger partial charge in [-0.15, -0.1) is 0 Å². The molecule has 0 bridgehead atoms. The minimum atomic E-state index is -1.04. The number of aromatic carboxylic acids is 1. The third kappa shape index (κ3) is 1.74. The van der Waals surface area contributed by atoms with Gasteiger partial charge in [0.2, 0.25) is 0 Å². The number of carboxylic acids is 1. The number of hydrogen-bond donors (Lipinski definition) is 2. The van der Waals surface area contributed by atoms with E-state index < -0.39 is 5.97 Å². The van der Waals surface area contributed by atoms with Crippen LogP contribution >= 0.6 is 11.6 Å². The molecule has 0 aliphatic carbocycles. The van der Waals surface area contributed by atoms with Crippen LogP contribution in [0.1, 0.15) is 10.5 Å². The highest BCUT2D eigenvalue weighted by Gasteiger charge is 2.11. The molecular formula is C12H8ClN3O2. The second-order valence-corrected chi connectivity index (χ2v) is 4.28. The number of aromatic nitrogens is 3. The van der Waals surface area contributed by atoms with Crippen molar-refractivity contribution in [3.05, 3.63) is 47.2 Å². The summed E-state index contributed by atoms with van der Waals surface area (Å²) in [7, 11) is 0. The van der Waals surface area contributed by atoms with Crippen LogP contribution in [0, 0.1) is 0 Å². The second-order valence-electron chi connectivity index (χ2n) is 3.84. The van der Waals surface area contributed by atoms with Crippen molar-refractivity contribution in [1.82, 2.24) is 14.6 Å². The van der Waals surface area contributed by atoms with E-state index in [-0.39, 0.29) is 5.69 Å². The van der Waals surface area contributed by atoms with Crippen LogP contribution in [0.3, 0.4) is 0 Å². The number of carbonyl (C=O) groups is 1. The van der Waals surface area contributed by atoms with Gasteiger partial charge in [0.15, 0.2) is 11.3 Å². The van der Waals surface area contributed by atoms with Crippen molar-refractivity contribution in [3.8, 4) is 11.3 Å². The van der Waals surface area contributed by atoms with Gasteiger partial charge in [0, 0.05) is 16.7 Å². The summed E-state index contributed by atoms with van der Waals surface area (Å²) in [5.41, 5.74) is 2.32. The van der Waals surface area contributed by atoms with E-state index in [9.17, 15) is 4.79 Å². The van der Waals surface area contributed by atoms with Crippen molar-refractivity contribution >= 4 is 23.2 Å². The summed E-state index contributed by atoms with van der Waals surface area (Å²) in [6.07, 6.45) is 1.44. The fraction of sp³-hybridized carbons (Fsp3) is 0. The molecule has 1 aromatic carbocycles. The molecule has 0 radical (unpaired) electrons. The second kappa shape index (κ2) is 3.89. The lowest BCUT2D eigenvalue weighted by Crippen LogP contribution is -1.95. The van der Waals surface area contributed by atoms with Gasteiger partial charge in [-0.1, -0.05) is 23.7 Å². The summed E-state index contributed by atoms with van der Waals surface area (Å²) in [5, 5.41) is 12.5. The first-order valence-electron chi connectivity index (χ1n) is 5.21. The molecule has 5 nitrogen and oxygen atoms in total. The minimum absolute atomic E-state index is 0.0129. The van der Waals surface area contributed by atoms with E-state index in [1.165, 1.54) is 6.20 Å². The maximum atomic E-state index is 10.8. The molecule has 0 saturated carbocycles. The molecule has 3 rings (SSSR count). The van der Waals surface area contributed by atoms with E-state index in [4.69, 9.17) is 16.7 Å². The average molecular weight is 262 g/mol. The van der Waals surface area contributed by atoms with Gasteiger partial charge in [-0.3, -0.25) is 5.10 Å². The zero-order valence-electron chi connectivity index (χ0n) is 9.09. The van der Waals surface area contributed by atoms with Gasteiger partial charge in [-0.2, -0.15) is 0 Å². The molecule has 0 aliphatic rings. The molecule has 0 amide bonds. The summed E-state index contributed by atoms with van der Waals surface area (Å²) in [6.45, 7) is 0. The highest BCUT2D eigenvalue weighted by atomic mass is 35.5. The van der Waals surface area contributed by atoms with Gasteiger partial charge in [-0.25, -0.2) is 14.3 Å². The van der Waals surface area contributed by atoms with Crippen molar-refractivity contribution in [2.24, 2.45) is 0 Å². The Hall–Kier alpha value is -2.27. The van der Waals surface area contributed by atoms with Crippen molar-refractivity contribution in [2.75, 3.05) is 0 Å². The van der Waals surface area contributed by atoms with Crippen LogP contribution in [0.25, 0.3) is 16.9 Å². The molecule has 18 heavy (non-hydrogen) atoms. The predicted octanol–water partition coefficient (Wildman–Crippen LogP) is 2.68. The van der Waals surface area contributed by atoms with Crippen molar-refractivity contribution in [2.45, 2.75) is 0 Å². The predicted molar refractivity (Wildman–Crippen MR) is 66.9 cm³/mol. The summed E-state index contributed by atoms with van der Waals surface area (Å²) in [5.74, 6) is -1.04. The van der Waals surface area contributed by atoms with Crippen LogP contribution in [0.15, 0.2) is 36.5 Å². The quantitative estimate of drug-likeness (QED) is 0.745. The summed E-state index contributed by atoms with van der Waals surface area (Å²) >= 11 is 5.92. The topological polar surface area (TPSA) is 70.4 Å². The zero-order valence-corrected chi connectivity index (χ0v) is 9.85. The largest absolute Gasteiger partial charge is 0.476 e. The van der Waals surface area contributed by atoms with Gasteiger partial charge in [-0.05, 0) is 12.1 Å². The fourth-order valence-corrected chi connectivity index (χ4v) is 1.97. The number of fused-ring (bicyclic) bond motifs is 1. The first kappa shape index (κ1) is 10.9. The van der Waals surface area contributed by atoms with Crippen molar-refractivity contribution in [1.29, 1.82) is 0 Å². The molecule has 2 N–H and O–H groups in total. The Bertz CT molecular complexity index is 713. The number of rotatable bonds is 2. The smallest absolute Gasteiger partial charge is 0.356 e. The van der Waals surface area contributed by atoms with Crippen molar-refractivity contribution < 1.29 is 9.90 Å². The number of halogens is 1. The number of nitrogens with one attached hydrogen (secondary N) is 1. The van der Waals surface area contributed by atoms with Crippen molar-refractivity contribution in [3.63, 3.8) is 0 Å². The van der Waals surface area contributed by atoms with Crippen LogP contribution in [-0.4, -0.2) is 25.7 Å². The number of carboxylic acid groups (broad SMARTS) is 1. The monoisotopic (exact) mass is 261 g/mol. The van der Waals surface area contributed by atoms with Gasteiger partial charge in [0.25, 0.3) is 0 Å². The minimum Gasteiger partial charge on any atom is -0.476 e. The van der Waals surface area contributed by atoms with E-state index in [1.54, 1.807) is 16.6 Å². The lowest BCUT2D eigenvalue weighted by molar-refractivity contribution is 0.0691. The molecule has 0 aliphatic heterocycles. The number of imidazole rings is 1. The van der Waals surface area contributed by atoms with Crippen LogP contribution in [0.2, 0.25) is 5.02 Å². The first-order chi connectivity index (χ1) is 8.63. The van der Waals surface area contributed by atoms with E-state index in [2.05, 4.69) is 10.1 Å². The zero-order chi connectivity index (χ0) is 12.7. The van der Waals surface area contributed by atoms with Gasteiger partial charge in [0.05, 0.1) is 11.9 Å². The highest BCUT2D eigenvalue weighted by molar-refractivity contribution is 6.30. The summed E-state index contributed by atoms with van der Waals surface area (Å²) in [6, 6.07) is 9.16. The van der Waals surface area contributed by atoms with E-state index in [0.29, 0.717) is 10.7 Å².